The smallest absolute Gasteiger partial charge is 0.127 e. The van der Waals surface area contributed by atoms with Gasteiger partial charge in [0.25, 0.3) is 0 Å². The van der Waals surface area contributed by atoms with E-state index in [4.69, 9.17) is 14.2 Å². The molecule has 5 heterocycles. The predicted octanol–water partition coefficient (Wildman–Crippen LogP) is 14.0. The van der Waals surface area contributed by atoms with Crippen LogP contribution in [0.3, 0.4) is 0 Å². The van der Waals surface area contributed by atoms with Crippen LogP contribution in [0.1, 0.15) is 93.2 Å². The molecule has 4 aliphatic rings. The van der Waals surface area contributed by atoms with Crippen molar-refractivity contribution >= 4 is 32.3 Å². The molecule has 9 aromatic rings. The highest BCUT2D eigenvalue weighted by molar-refractivity contribution is 5.88. The lowest BCUT2D eigenvalue weighted by atomic mass is 9.96. The summed E-state index contributed by atoms with van der Waals surface area (Å²) in [5, 5.41) is 28.8. The molecule has 73 heavy (non-hydrogen) atoms. The van der Waals surface area contributed by atoms with Gasteiger partial charge in [-0.2, -0.15) is 0 Å². The van der Waals surface area contributed by atoms with Crippen LogP contribution >= 0.6 is 0 Å². The Morgan fingerprint density at radius 3 is 1.41 bits per heavy atom. The number of aliphatic hydroxyl groups is 1. The Kier molecular flexibility index (Phi) is 19.3. The number of hydrogen-bond donors (Lipinski definition) is 3. The van der Waals surface area contributed by atoms with Crippen LogP contribution < -0.4 is 14.8 Å². The molecule has 13 rings (SSSR count). The fourth-order valence-electron chi connectivity index (χ4n) is 10.3. The summed E-state index contributed by atoms with van der Waals surface area (Å²) < 4.78 is 17.7. The van der Waals surface area contributed by atoms with Crippen LogP contribution in [0.5, 0.6) is 17.2 Å². The van der Waals surface area contributed by atoms with Crippen molar-refractivity contribution in [1.29, 1.82) is 0 Å². The molecule has 0 bridgehead atoms. The van der Waals surface area contributed by atoms with Crippen LogP contribution in [0, 0.1) is 0 Å². The molecule has 2 aliphatic carbocycles. The van der Waals surface area contributed by atoms with Gasteiger partial charge in [-0.15, -0.1) is 0 Å². The number of rotatable bonds is 7. The summed E-state index contributed by atoms with van der Waals surface area (Å²) in [6.07, 6.45) is 20.5. The fourth-order valence-corrected chi connectivity index (χ4v) is 10.3. The zero-order valence-corrected chi connectivity index (χ0v) is 41.0. The predicted molar refractivity (Wildman–Crippen MR) is 297 cm³/mol. The van der Waals surface area contributed by atoms with Crippen molar-refractivity contribution in [1.82, 2.24) is 20.3 Å². The molecule has 6 aromatic carbocycles. The topological polar surface area (TPSA) is 119 Å². The summed E-state index contributed by atoms with van der Waals surface area (Å²) in [4.78, 5) is 12.3. The number of aromatic hydroxyl groups is 1. The molecule has 3 N–H and O–H groups in total. The number of ether oxygens (including phenoxy) is 3. The van der Waals surface area contributed by atoms with Gasteiger partial charge in [0.2, 0.25) is 0 Å². The van der Waals surface area contributed by atoms with Crippen LogP contribution in [-0.4, -0.2) is 69.8 Å². The number of nitrogens with one attached hydrogen (secondary N) is 1. The first-order valence-corrected chi connectivity index (χ1v) is 25.7. The molecule has 9 heteroatoms. The third-order valence-corrected chi connectivity index (χ3v) is 14.1. The fraction of sp³-hybridized carbons (Fsp3) is 0.297. The van der Waals surface area contributed by atoms with Crippen molar-refractivity contribution < 1.29 is 24.4 Å². The average Bonchev–Trinajstić information content (AvgIpc) is 4.32. The van der Waals surface area contributed by atoms with Crippen LogP contribution in [0.4, 0.5) is 0 Å². The van der Waals surface area contributed by atoms with E-state index >= 15 is 0 Å². The molecule has 4 fully saturated rings. The number of nitrogens with zero attached hydrogens (tertiary/aromatic N) is 3. The van der Waals surface area contributed by atoms with Crippen molar-refractivity contribution in [2.45, 2.75) is 94.9 Å². The first-order valence-electron chi connectivity index (χ1n) is 25.7. The lowest BCUT2D eigenvalue weighted by Gasteiger charge is -2.22. The zero-order valence-electron chi connectivity index (χ0n) is 41.0. The van der Waals surface area contributed by atoms with Gasteiger partial charge in [-0.05, 0) is 98.0 Å². The van der Waals surface area contributed by atoms with Crippen LogP contribution in [0.2, 0.25) is 0 Å². The first kappa shape index (κ1) is 52.2. The van der Waals surface area contributed by atoms with E-state index in [-0.39, 0.29) is 25.7 Å². The van der Waals surface area contributed by atoms with Crippen LogP contribution in [-0.2, 0) is 4.74 Å². The van der Waals surface area contributed by atoms with E-state index in [0.717, 1.165) is 89.4 Å². The summed E-state index contributed by atoms with van der Waals surface area (Å²) >= 11 is 0. The number of fused-ring (bicyclic) bond motifs is 3. The summed E-state index contributed by atoms with van der Waals surface area (Å²) in [7, 11) is 0. The van der Waals surface area contributed by atoms with Gasteiger partial charge >= 0.3 is 0 Å². The van der Waals surface area contributed by atoms with Crippen molar-refractivity contribution in [3.05, 3.63) is 218 Å². The SMILES string of the molecule is C.C1CCOC1.O[C@H]1CCC[C@H]1c1ccccc1.Oc1cccc2cnccc12.c1ccc([C@@H]2CCC[C@H]2Oc2cccc3cnccc23)cc1.c1ccc([C@@H]2CNC[C@H]2Oc2cccc3cnccc23)cc1. The minimum Gasteiger partial charge on any atom is -0.507 e. The van der Waals surface area contributed by atoms with Crippen molar-refractivity contribution in [2.75, 3.05) is 26.3 Å². The van der Waals surface area contributed by atoms with Gasteiger partial charge in [-0.25, -0.2) is 0 Å². The monoisotopic (exact) mass is 975 g/mol. The first-order chi connectivity index (χ1) is 35.6. The Morgan fingerprint density at radius 1 is 0.438 bits per heavy atom. The van der Waals surface area contributed by atoms with Crippen LogP contribution in [0.15, 0.2) is 201 Å². The van der Waals surface area contributed by atoms with Crippen molar-refractivity contribution in [3.8, 4) is 17.2 Å². The van der Waals surface area contributed by atoms with Gasteiger partial charge in [0.1, 0.15) is 29.5 Å². The molecule has 2 aliphatic heterocycles. The Labute approximate surface area is 431 Å². The largest absolute Gasteiger partial charge is 0.507 e. The van der Waals surface area contributed by atoms with E-state index < -0.39 is 0 Å². The van der Waals surface area contributed by atoms with E-state index in [1.165, 1.54) is 48.8 Å². The number of phenolic OH excluding ortho intramolecular Hbond substituents is 1. The van der Waals surface area contributed by atoms with Crippen molar-refractivity contribution in [2.24, 2.45) is 0 Å². The highest BCUT2D eigenvalue weighted by atomic mass is 16.5. The maximum Gasteiger partial charge on any atom is 0.127 e. The Bertz CT molecular complexity index is 2870. The molecule has 0 spiro atoms. The van der Waals surface area contributed by atoms with E-state index in [0.29, 0.717) is 23.5 Å². The van der Waals surface area contributed by atoms with Gasteiger partial charge in [-0.3, -0.25) is 15.0 Å². The van der Waals surface area contributed by atoms with Crippen LogP contribution in [0.25, 0.3) is 32.3 Å². The second-order valence-electron chi connectivity index (χ2n) is 18.9. The summed E-state index contributed by atoms with van der Waals surface area (Å²) in [5.41, 5.74) is 4.02. The number of aliphatic hydroxyl groups excluding tert-OH is 1. The highest BCUT2D eigenvalue weighted by Crippen LogP contribution is 2.39. The average molecular weight is 975 g/mol. The molecule has 9 nitrogen and oxygen atoms in total. The third kappa shape index (κ3) is 14.1. The number of benzene rings is 6. The number of aromatic nitrogens is 3. The Balaban J connectivity index is 0.000000130. The summed E-state index contributed by atoms with van der Waals surface area (Å²) in [6, 6.07) is 55.3. The molecule has 3 aromatic heterocycles. The molecule has 376 valence electrons. The highest BCUT2D eigenvalue weighted by Gasteiger charge is 2.32. The molecule has 0 unspecified atom stereocenters. The minimum atomic E-state index is -0.104. The lowest BCUT2D eigenvalue weighted by molar-refractivity contribution is 0.164. The molecule has 2 saturated heterocycles. The van der Waals surface area contributed by atoms with Gasteiger partial charge in [0, 0.05) is 114 Å². The minimum absolute atomic E-state index is 0. The van der Waals surface area contributed by atoms with Gasteiger partial charge < -0.3 is 29.7 Å². The summed E-state index contributed by atoms with van der Waals surface area (Å²) in [6.45, 7) is 3.84. The second kappa shape index (κ2) is 27.0. The normalized spacial score (nSPS) is 20.7. The Hall–Kier alpha value is -7.17. The standard InChI is InChI=1S/C20H19NO.C19H18N2O.C11H14O.C9H7NO.C4H8O.CH4/c1-2-6-15(7-3-1)17-9-5-11-19(17)22-20-10-4-8-16-14-21-13-12-18(16)20;1-2-5-14(6-3-1)17-12-21-13-19(17)22-18-8-4-7-15-11-20-10-9-16(15)18;12-11-8-4-7-10(11)9-5-2-1-3-6-9;11-9-3-1-2-7-6-10-5-4-8(7)9;1-2-4-5-3-1;/h1-4,6-8,10,12-14,17,19H,5,9,11H2;1-11,17,19,21H,12-13H2;1-3,5-6,10-12H,4,7-8H2;1-6,11H;1-4H2;1H4/t2*17-,19+;10-,11-;;;/m000.../s1. The lowest BCUT2D eigenvalue weighted by Crippen LogP contribution is -2.24. The van der Waals surface area contributed by atoms with Gasteiger partial charge in [0.05, 0.1) is 6.10 Å². The molecular weight excluding hydrogens is 905 g/mol. The number of pyridine rings is 3. The number of hydrogen-bond acceptors (Lipinski definition) is 9. The van der Waals surface area contributed by atoms with Crippen molar-refractivity contribution in [3.63, 3.8) is 0 Å². The Morgan fingerprint density at radius 2 is 0.904 bits per heavy atom. The molecule has 0 amide bonds. The maximum atomic E-state index is 9.64. The van der Waals surface area contributed by atoms with E-state index in [1.807, 2.05) is 79.4 Å². The zero-order chi connectivity index (χ0) is 49.2. The third-order valence-electron chi connectivity index (χ3n) is 14.1. The van der Waals surface area contributed by atoms with E-state index in [9.17, 15) is 10.2 Å². The quantitative estimate of drug-likeness (QED) is 0.143. The van der Waals surface area contributed by atoms with Gasteiger partial charge in [-0.1, -0.05) is 141 Å². The molecule has 0 radical (unpaired) electrons. The molecule has 6 atom stereocenters. The maximum absolute atomic E-state index is 9.64. The molecular formula is C64H70N4O5. The number of phenols is 1. The van der Waals surface area contributed by atoms with E-state index in [1.54, 1.807) is 30.6 Å². The van der Waals surface area contributed by atoms with Gasteiger partial charge in [0.15, 0.2) is 0 Å². The second-order valence-corrected chi connectivity index (χ2v) is 18.9. The summed E-state index contributed by atoms with van der Waals surface area (Å²) in [5.74, 6) is 3.51. The van der Waals surface area contributed by atoms with E-state index in [2.05, 4.69) is 111 Å². The molecule has 2 saturated carbocycles.